The van der Waals surface area contributed by atoms with Crippen molar-refractivity contribution in [3.05, 3.63) is 59.2 Å². The minimum absolute atomic E-state index is 0.0160. The molecular weight excluding hydrogens is 660 g/mol. The highest BCUT2D eigenvalue weighted by Gasteiger charge is 2.35. The Balaban J connectivity index is 1.95. The van der Waals surface area contributed by atoms with Crippen LogP contribution in [0.4, 0.5) is 5.95 Å². The number of aryl methyl sites for hydroxylation is 1. The molecule has 0 saturated heterocycles. The van der Waals surface area contributed by atoms with Gasteiger partial charge in [0.15, 0.2) is 15.7 Å². The molecule has 13 nitrogen and oxygen atoms in total. The summed E-state index contributed by atoms with van der Waals surface area (Å²) in [5, 5.41) is 24.6. The third kappa shape index (κ3) is 7.69. The van der Waals surface area contributed by atoms with Gasteiger partial charge in [0.1, 0.15) is 22.9 Å². The van der Waals surface area contributed by atoms with Gasteiger partial charge in [0.2, 0.25) is 16.0 Å². The fourth-order valence-electron chi connectivity index (χ4n) is 4.68. The van der Waals surface area contributed by atoms with E-state index in [9.17, 15) is 21.9 Å². The van der Waals surface area contributed by atoms with Crippen LogP contribution in [-0.4, -0.2) is 87.3 Å². The predicted molar refractivity (Wildman–Crippen MR) is 175 cm³/mol. The number of aliphatic hydroxyl groups excluding tert-OH is 1. The number of hydrogen-bond donors (Lipinski definition) is 1. The van der Waals surface area contributed by atoms with Crippen molar-refractivity contribution in [2.75, 3.05) is 37.1 Å². The topological polar surface area (TPSA) is 159 Å². The molecule has 4 rings (SSSR count). The Hall–Kier alpha value is -3.44. The molecule has 2 aromatic carbocycles. The zero-order valence-corrected chi connectivity index (χ0v) is 29.5. The third-order valence-electron chi connectivity index (χ3n) is 6.94. The molecule has 0 aliphatic heterocycles. The molecule has 17 heteroatoms. The molecule has 0 saturated carbocycles. The van der Waals surface area contributed by atoms with Gasteiger partial charge in [0.25, 0.3) is 0 Å². The number of ether oxygens (including phenoxy) is 2. The average Bonchev–Trinajstić information content (AvgIpc) is 3.57. The monoisotopic (exact) mass is 696 g/mol. The van der Waals surface area contributed by atoms with E-state index in [1.807, 2.05) is 0 Å². The lowest BCUT2D eigenvalue weighted by Gasteiger charge is -2.28. The van der Waals surface area contributed by atoms with Gasteiger partial charge >= 0.3 is 0 Å². The maximum atomic E-state index is 14.3. The maximum absolute atomic E-state index is 14.3. The number of methoxy groups -OCH3 is 2. The Labute approximate surface area is 269 Å². The van der Waals surface area contributed by atoms with Gasteiger partial charge in [-0.15, -0.1) is 10.2 Å². The van der Waals surface area contributed by atoms with Crippen molar-refractivity contribution in [2.45, 2.75) is 36.7 Å². The fraction of sp³-hybridized carbons (Fsp3) is 0.393. The molecular formula is C28H37ClN6O7S2Si. The molecule has 0 aliphatic rings. The molecule has 1 atom stereocenters. The van der Waals surface area contributed by atoms with E-state index in [2.05, 4.69) is 34.9 Å². The van der Waals surface area contributed by atoms with E-state index in [1.165, 1.54) is 37.0 Å². The minimum atomic E-state index is -4.40. The van der Waals surface area contributed by atoms with Crippen LogP contribution < -0.4 is 13.8 Å². The van der Waals surface area contributed by atoms with Crippen LogP contribution in [0.5, 0.6) is 11.5 Å². The SMILES string of the molecule is COc1cccc(OC)c1-n1c(-c2ccn(C)n2)nnc1N(CC[Si](C)(C)C)S(=O)(=O)C[C@@H](O)c1ccc(Cl)cc1S(C)(=O)=O. The molecule has 2 aromatic heterocycles. The number of nitrogens with zero attached hydrogens (tertiary/aromatic N) is 6. The van der Waals surface area contributed by atoms with E-state index < -0.39 is 39.8 Å². The Bertz CT molecular complexity index is 1880. The second-order valence-electron chi connectivity index (χ2n) is 11.7. The first kappa shape index (κ1) is 34.4. The Morgan fingerprint density at radius 1 is 1.02 bits per heavy atom. The number of aromatic nitrogens is 5. The number of hydrogen-bond acceptors (Lipinski definition) is 10. The fourth-order valence-corrected chi connectivity index (χ4v) is 8.44. The second-order valence-corrected chi connectivity index (χ2v) is 21.7. The van der Waals surface area contributed by atoms with Crippen LogP contribution >= 0.6 is 11.6 Å². The molecule has 4 aromatic rings. The van der Waals surface area contributed by atoms with Crippen molar-refractivity contribution >= 4 is 45.5 Å². The third-order valence-corrected chi connectivity index (χ3v) is 11.8. The first-order valence-corrected chi connectivity index (χ1v) is 21.4. The largest absolute Gasteiger partial charge is 0.494 e. The highest BCUT2D eigenvalue weighted by Crippen LogP contribution is 2.39. The molecule has 0 radical (unpaired) electrons. The number of halogens is 1. The second kappa shape index (κ2) is 13.1. The molecule has 0 unspecified atom stereocenters. The first-order chi connectivity index (χ1) is 21.0. The van der Waals surface area contributed by atoms with Gasteiger partial charge in [-0.2, -0.15) is 5.10 Å². The summed E-state index contributed by atoms with van der Waals surface area (Å²) in [6.45, 7) is 6.33. The predicted octanol–water partition coefficient (Wildman–Crippen LogP) is 3.95. The van der Waals surface area contributed by atoms with E-state index >= 15 is 0 Å². The summed E-state index contributed by atoms with van der Waals surface area (Å²) < 4.78 is 69.3. The van der Waals surface area contributed by atoms with Gasteiger partial charge in [0, 0.05) is 44.7 Å². The average molecular weight is 697 g/mol. The first-order valence-electron chi connectivity index (χ1n) is 13.8. The standard InChI is InChI=1S/C28H37ClN6O7S2Si/c1-33-14-13-21(32-33)27-30-31-28(35(27)26-23(41-2)9-8-10-24(26)42-3)34(15-16-45(5,6)7)44(39,40)18-22(36)20-12-11-19(29)17-25(20)43(4,37)38/h8-14,17,22,36H,15-16,18H2,1-7H3/t22-/m1/s1. The summed E-state index contributed by atoms with van der Waals surface area (Å²) in [7, 11) is -5.41. The summed E-state index contributed by atoms with van der Waals surface area (Å²) in [6, 6.07) is 11.3. The van der Waals surface area contributed by atoms with Crippen molar-refractivity contribution in [3.63, 3.8) is 0 Å². The van der Waals surface area contributed by atoms with Crippen molar-refractivity contribution in [2.24, 2.45) is 7.05 Å². The number of sulfone groups is 1. The summed E-state index contributed by atoms with van der Waals surface area (Å²) in [6.07, 6.45) is 0.972. The minimum Gasteiger partial charge on any atom is -0.494 e. The molecule has 2 heterocycles. The van der Waals surface area contributed by atoms with Crippen LogP contribution in [0.15, 0.2) is 53.6 Å². The van der Waals surface area contributed by atoms with Crippen LogP contribution in [-0.2, 0) is 26.9 Å². The molecule has 0 aliphatic carbocycles. The van der Waals surface area contributed by atoms with E-state index in [1.54, 1.807) is 42.2 Å². The lowest BCUT2D eigenvalue weighted by atomic mass is 10.1. The van der Waals surface area contributed by atoms with E-state index in [-0.39, 0.29) is 33.8 Å². The summed E-state index contributed by atoms with van der Waals surface area (Å²) in [5.74, 6) is 0.00308. The highest BCUT2D eigenvalue weighted by molar-refractivity contribution is 7.92. The lowest BCUT2D eigenvalue weighted by molar-refractivity contribution is 0.198. The van der Waals surface area contributed by atoms with Gasteiger partial charge in [-0.25, -0.2) is 21.1 Å². The molecule has 0 bridgehead atoms. The molecule has 1 N–H and O–H groups in total. The van der Waals surface area contributed by atoms with Gasteiger partial charge in [-0.05, 0) is 36.4 Å². The Kier molecular flexibility index (Phi) is 10.0. The number of aliphatic hydroxyl groups is 1. The number of rotatable bonds is 13. The molecule has 0 spiro atoms. The van der Waals surface area contributed by atoms with E-state index in [0.29, 0.717) is 28.9 Å². The van der Waals surface area contributed by atoms with Crippen LogP contribution in [0.3, 0.4) is 0 Å². The quantitative estimate of drug-likeness (QED) is 0.203. The molecule has 244 valence electrons. The van der Waals surface area contributed by atoms with Crippen LogP contribution in [0.2, 0.25) is 30.7 Å². The maximum Gasteiger partial charge on any atom is 0.246 e. The van der Waals surface area contributed by atoms with Gasteiger partial charge in [-0.1, -0.05) is 43.4 Å². The van der Waals surface area contributed by atoms with E-state index in [0.717, 1.165) is 10.6 Å². The smallest absolute Gasteiger partial charge is 0.246 e. The van der Waals surface area contributed by atoms with Crippen LogP contribution in [0.1, 0.15) is 11.7 Å². The lowest BCUT2D eigenvalue weighted by Crippen LogP contribution is -2.40. The Morgan fingerprint density at radius 2 is 1.67 bits per heavy atom. The van der Waals surface area contributed by atoms with Crippen molar-refractivity contribution in [3.8, 4) is 28.7 Å². The summed E-state index contributed by atoms with van der Waals surface area (Å²) >= 11 is 6.04. The van der Waals surface area contributed by atoms with Crippen molar-refractivity contribution in [1.82, 2.24) is 24.5 Å². The number of sulfonamides is 1. The molecule has 0 fully saturated rings. The normalized spacial score (nSPS) is 13.1. The number of para-hydroxylation sites is 1. The van der Waals surface area contributed by atoms with Gasteiger partial charge < -0.3 is 14.6 Å². The number of benzene rings is 2. The summed E-state index contributed by atoms with van der Waals surface area (Å²) in [4.78, 5) is -0.259. The van der Waals surface area contributed by atoms with Gasteiger partial charge in [-0.3, -0.25) is 9.25 Å². The van der Waals surface area contributed by atoms with Crippen molar-refractivity contribution < 1.29 is 31.4 Å². The van der Waals surface area contributed by atoms with Crippen LogP contribution in [0, 0.1) is 0 Å². The number of anilines is 1. The van der Waals surface area contributed by atoms with Gasteiger partial charge in [0.05, 0.1) is 31.0 Å². The van der Waals surface area contributed by atoms with Crippen LogP contribution in [0.25, 0.3) is 17.2 Å². The summed E-state index contributed by atoms with van der Waals surface area (Å²) in [5.41, 5.74) is 0.664. The molecule has 45 heavy (non-hydrogen) atoms. The highest BCUT2D eigenvalue weighted by atomic mass is 35.5. The molecule has 0 amide bonds. The Morgan fingerprint density at radius 3 is 2.20 bits per heavy atom. The zero-order valence-electron chi connectivity index (χ0n) is 26.1. The zero-order chi connectivity index (χ0) is 33.3. The van der Waals surface area contributed by atoms with Crippen molar-refractivity contribution in [1.29, 1.82) is 0 Å². The van der Waals surface area contributed by atoms with E-state index in [4.69, 9.17) is 21.1 Å².